The number of allylic oxidation sites excluding steroid dienone is 1. The predicted molar refractivity (Wildman–Crippen MR) is 89.4 cm³/mol. The molecule has 0 bridgehead atoms. The minimum absolute atomic E-state index is 0.118. The molecule has 0 atom stereocenters. The number of morpholine rings is 1. The van der Waals surface area contributed by atoms with Crippen molar-refractivity contribution >= 4 is 23.4 Å². The number of hydrogen-bond acceptors (Lipinski definition) is 6. The molecule has 1 aliphatic heterocycles. The van der Waals surface area contributed by atoms with Crippen molar-refractivity contribution in [2.45, 2.75) is 20.8 Å². The first-order valence-electron chi connectivity index (χ1n) is 7.57. The van der Waals surface area contributed by atoms with Crippen LogP contribution in [0.1, 0.15) is 29.8 Å². The van der Waals surface area contributed by atoms with Gasteiger partial charge in [0.1, 0.15) is 16.7 Å². The van der Waals surface area contributed by atoms with Gasteiger partial charge >= 0.3 is 5.97 Å². The molecule has 0 radical (unpaired) electrons. The van der Waals surface area contributed by atoms with Gasteiger partial charge in [-0.3, -0.25) is 9.59 Å². The number of halogens is 1. The molecule has 1 aromatic rings. The van der Waals surface area contributed by atoms with Gasteiger partial charge in [-0.1, -0.05) is 11.6 Å². The molecule has 1 aliphatic rings. The highest BCUT2D eigenvalue weighted by atomic mass is 35.5. The van der Waals surface area contributed by atoms with Crippen LogP contribution < -0.4 is 4.74 Å². The fourth-order valence-corrected chi connectivity index (χ4v) is 2.68. The summed E-state index contributed by atoms with van der Waals surface area (Å²) < 4.78 is 10.3. The Kier molecular flexibility index (Phi) is 5.85. The zero-order valence-corrected chi connectivity index (χ0v) is 14.6. The summed E-state index contributed by atoms with van der Waals surface area (Å²) in [5.41, 5.74) is 0.784. The molecular weight excluding hydrogens is 334 g/mol. The van der Waals surface area contributed by atoms with E-state index in [9.17, 15) is 14.7 Å². The fourth-order valence-electron chi connectivity index (χ4n) is 2.42. The summed E-state index contributed by atoms with van der Waals surface area (Å²) in [6, 6.07) is 2.91. The van der Waals surface area contributed by atoms with Crippen LogP contribution in [0, 0.1) is 6.92 Å². The van der Waals surface area contributed by atoms with Gasteiger partial charge in [-0.2, -0.15) is 0 Å². The summed E-state index contributed by atoms with van der Waals surface area (Å²) >= 11 is 6.33. The van der Waals surface area contributed by atoms with Crippen LogP contribution >= 0.6 is 11.6 Å². The Morgan fingerprint density at radius 2 is 1.88 bits per heavy atom. The van der Waals surface area contributed by atoms with E-state index < -0.39 is 5.97 Å². The molecule has 1 aromatic carbocycles. The number of esters is 1. The van der Waals surface area contributed by atoms with Crippen LogP contribution in [0.3, 0.4) is 0 Å². The highest BCUT2D eigenvalue weighted by molar-refractivity contribution is 6.32. The summed E-state index contributed by atoms with van der Waals surface area (Å²) in [5, 5.41) is 10.6. The maximum atomic E-state index is 12.7. The maximum Gasteiger partial charge on any atom is 0.308 e. The highest BCUT2D eigenvalue weighted by Crippen LogP contribution is 2.33. The van der Waals surface area contributed by atoms with Gasteiger partial charge in [-0.25, -0.2) is 0 Å². The Balaban J connectivity index is 2.31. The van der Waals surface area contributed by atoms with Crippen LogP contribution in [0.2, 0.25) is 0 Å². The van der Waals surface area contributed by atoms with Crippen molar-refractivity contribution in [3.8, 4) is 11.5 Å². The van der Waals surface area contributed by atoms with E-state index in [1.54, 1.807) is 13.8 Å². The van der Waals surface area contributed by atoms with Gasteiger partial charge in [0, 0.05) is 31.1 Å². The number of ether oxygens (including phenoxy) is 2. The van der Waals surface area contributed by atoms with E-state index in [1.165, 1.54) is 19.1 Å². The molecule has 130 valence electrons. The van der Waals surface area contributed by atoms with Crippen LogP contribution in [0.25, 0.3) is 0 Å². The number of phenols is 1. The maximum absolute atomic E-state index is 12.7. The lowest BCUT2D eigenvalue weighted by Crippen LogP contribution is -2.35. The summed E-state index contributed by atoms with van der Waals surface area (Å²) in [6.45, 7) is 6.80. The first kappa shape index (κ1) is 18.3. The normalized spacial score (nSPS) is 15.8. The summed E-state index contributed by atoms with van der Waals surface area (Å²) in [4.78, 5) is 25.6. The number of hydrogen-bond donors (Lipinski definition) is 1. The van der Waals surface area contributed by atoms with Gasteiger partial charge in [-0.15, -0.1) is 0 Å². The molecule has 6 nitrogen and oxygen atoms in total. The smallest absolute Gasteiger partial charge is 0.308 e. The third-order valence-corrected chi connectivity index (χ3v) is 4.34. The average molecular weight is 354 g/mol. The standard InChI is InChI=1S/C17H20ClNO5/c1-10-14(24-12(3)20)5-4-13(15(10)21)16(22)11(2)17(18)19-6-8-23-9-7-19/h4-5,21H,6-9H2,1-3H3/b17-11+. The number of carbonyl (C=O) groups is 2. The van der Waals surface area contributed by atoms with Crippen LogP contribution in [-0.4, -0.2) is 48.1 Å². The minimum Gasteiger partial charge on any atom is -0.507 e. The molecule has 2 rings (SSSR count). The lowest BCUT2D eigenvalue weighted by Gasteiger charge is -2.29. The van der Waals surface area contributed by atoms with Crippen LogP contribution in [0.15, 0.2) is 22.9 Å². The second-order valence-electron chi connectivity index (χ2n) is 5.52. The zero-order valence-electron chi connectivity index (χ0n) is 13.9. The largest absolute Gasteiger partial charge is 0.507 e. The van der Waals surface area contributed by atoms with Gasteiger partial charge in [0.15, 0.2) is 5.78 Å². The molecule has 1 fully saturated rings. The Hall–Kier alpha value is -2.05. The van der Waals surface area contributed by atoms with E-state index in [4.69, 9.17) is 21.1 Å². The van der Waals surface area contributed by atoms with E-state index in [2.05, 4.69) is 0 Å². The molecule has 1 N–H and O–H groups in total. The van der Waals surface area contributed by atoms with Gasteiger partial charge in [0.25, 0.3) is 0 Å². The first-order chi connectivity index (χ1) is 11.3. The third-order valence-electron chi connectivity index (χ3n) is 3.82. The van der Waals surface area contributed by atoms with E-state index >= 15 is 0 Å². The molecule has 1 heterocycles. The van der Waals surface area contributed by atoms with Crippen molar-refractivity contribution in [2.75, 3.05) is 26.3 Å². The highest BCUT2D eigenvalue weighted by Gasteiger charge is 2.22. The van der Waals surface area contributed by atoms with Crippen molar-refractivity contribution < 1.29 is 24.2 Å². The number of ketones is 1. The molecule has 0 amide bonds. The summed E-state index contributed by atoms with van der Waals surface area (Å²) in [6.07, 6.45) is 0. The monoisotopic (exact) mass is 353 g/mol. The Morgan fingerprint density at radius 3 is 2.46 bits per heavy atom. The Bertz CT molecular complexity index is 692. The van der Waals surface area contributed by atoms with Gasteiger partial charge in [0.05, 0.1) is 18.8 Å². The molecular formula is C17H20ClNO5. The lowest BCUT2D eigenvalue weighted by molar-refractivity contribution is -0.131. The second-order valence-corrected chi connectivity index (χ2v) is 5.88. The lowest BCUT2D eigenvalue weighted by atomic mass is 10.0. The van der Waals surface area contributed by atoms with Gasteiger partial charge in [0.2, 0.25) is 0 Å². The molecule has 0 saturated carbocycles. The molecule has 0 aromatic heterocycles. The fraction of sp³-hybridized carbons (Fsp3) is 0.412. The number of phenolic OH excluding ortho intramolecular Hbond substituents is 1. The second kappa shape index (κ2) is 7.68. The Labute approximate surface area is 145 Å². The summed E-state index contributed by atoms with van der Waals surface area (Å²) in [5.74, 6) is -0.869. The van der Waals surface area contributed by atoms with Crippen LogP contribution in [0.4, 0.5) is 0 Å². The molecule has 1 saturated heterocycles. The van der Waals surface area contributed by atoms with Crippen molar-refractivity contribution in [3.05, 3.63) is 34.0 Å². The first-order valence-corrected chi connectivity index (χ1v) is 7.95. The third kappa shape index (κ3) is 3.88. The molecule has 0 unspecified atom stereocenters. The molecule has 24 heavy (non-hydrogen) atoms. The number of nitrogens with zero attached hydrogens (tertiary/aromatic N) is 1. The van der Waals surface area contributed by atoms with E-state index in [0.29, 0.717) is 42.6 Å². The number of Topliss-reactive ketones (excluding diaryl/α,β-unsaturated/α-hetero) is 1. The number of aromatic hydroxyl groups is 1. The van der Waals surface area contributed by atoms with Gasteiger partial charge in [-0.05, 0) is 26.0 Å². The van der Waals surface area contributed by atoms with Crippen LogP contribution in [0.5, 0.6) is 11.5 Å². The predicted octanol–water partition coefficient (Wildman–Crippen LogP) is 2.61. The Morgan fingerprint density at radius 1 is 1.25 bits per heavy atom. The summed E-state index contributed by atoms with van der Waals surface area (Å²) in [7, 11) is 0. The van der Waals surface area contributed by atoms with Crippen molar-refractivity contribution in [2.24, 2.45) is 0 Å². The van der Waals surface area contributed by atoms with Crippen molar-refractivity contribution in [3.63, 3.8) is 0 Å². The quantitative estimate of drug-likeness (QED) is 0.295. The number of rotatable bonds is 4. The van der Waals surface area contributed by atoms with Crippen molar-refractivity contribution in [1.82, 2.24) is 4.90 Å². The average Bonchev–Trinajstić information content (AvgIpc) is 2.57. The molecule has 0 aliphatic carbocycles. The SMILES string of the molecule is CC(=O)Oc1ccc(C(=O)/C(C)=C(\Cl)N2CCOCC2)c(O)c1C. The van der Waals surface area contributed by atoms with E-state index in [-0.39, 0.29) is 22.8 Å². The number of benzene rings is 1. The topological polar surface area (TPSA) is 76.1 Å². The van der Waals surface area contributed by atoms with Crippen molar-refractivity contribution in [1.29, 1.82) is 0 Å². The molecule has 0 spiro atoms. The van der Waals surface area contributed by atoms with Crippen LogP contribution in [-0.2, 0) is 9.53 Å². The van der Waals surface area contributed by atoms with E-state index in [1.807, 2.05) is 4.90 Å². The van der Waals surface area contributed by atoms with E-state index in [0.717, 1.165) is 0 Å². The number of carbonyl (C=O) groups excluding carboxylic acids is 2. The zero-order chi connectivity index (χ0) is 17.9. The molecule has 7 heteroatoms. The van der Waals surface area contributed by atoms with Gasteiger partial charge < -0.3 is 19.5 Å². The minimum atomic E-state index is -0.497.